The highest BCUT2D eigenvalue weighted by atomic mass is 19.2. The van der Waals surface area contributed by atoms with E-state index in [-0.39, 0.29) is 12.6 Å². The fourth-order valence-corrected chi connectivity index (χ4v) is 2.95. The van der Waals surface area contributed by atoms with Crippen molar-refractivity contribution in [1.29, 1.82) is 0 Å². The maximum atomic E-state index is 14.0. The summed E-state index contributed by atoms with van der Waals surface area (Å²) >= 11 is 0. The van der Waals surface area contributed by atoms with Crippen LogP contribution in [0.5, 0.6) is 0 Å². The molecule has 0 spiro atoms. The highest BCUT2D eigenvalue weighted by Gasteiger charge is 2.28. The molecule has 1 aliphatic heterocycles. The highest BCUT2D eigenvalue weighted by molar-refractivity contribution is 5.23. The van der Waals surface area contributed by atoms with Crippen molar-refractivity contribution in [3.8, 4) is 0 Å². The lowest BCUT2D eigenvalue weighted by Crippen LogP contribution is -2.45. The summed E-state index contributed by atoms with van der Waals surface area (Å²) in [6.45, 7) is 2.33. The van der Waals surface area contributed by atoms with Crippen molar-refractivity contribution in [2.75, 3.05) is 33.7 Å². The topological polar surface area (TPSA) is 32.5 Å². The average Bonchev–Trinajstić information content (AvgIpc) is 2.45. The molecule has 0 aliphatic carbocycles. The summed E-state index contributed by atoms with van der Waals surface area (Å²) in [7, 11) is 4.06. The maximum Gasteiger partial charge on any atom is 0.163 e. The van der Waals surface area contributed by atoms with Crippen LogP contribution in [0.1, 0.15) is 24.4 Å². The monoisotopic (exact) mass is 283 g/mol. The molecule has 2 N–H and O–H groups in total. The smallest absolute Gasteiger partial charge is 0.163 e. The lowest BCUT2D eigenvalue weighted by molar-refractivity contribution is 0.108. The van der Waals surface area contributed by atoms with Crippen molar-refractivity contribution in [3.63, 3.8) is 0 Å². The van der Waals surface area contributed by atoms with Gasteiger partial charge in [0.25, 0.3) is 0 Å². The zero-order valence-electron chi connectivity index (χ0n) is 12.1. The summed E-state index contributed by atoms with van der Waals surface area (Å²) in [5, 5.41) is 0. The third-order valence-electron chi connectivity index (χ3n) is 4.32. The van der Waals surface area contributed by atoms with E-state index in [0.717, 1.165) is 32.0 Å². The Labute approximate surface area is 119 Å². The number of nitrogens with zero attached hydrogens (tertiary/aromatic N) is 2. The van der Waals surface area contributed by atoms with Crippen LogP contribution in [0.2, 0.25) is 0 Å². The molecular formula is C15H23F2N3. The first kappa shape index (κ1) is 15.4. The number of piperidine rings is 1. The van der Waals surface area contributed by atoms with Crippen molar-refractivity contribution >= 4 is 0 Å². The first-order valence-electron chi connectivity index (χ1n) is 7.09. The van der Waals surface area contributed by atoms with Gasteiger partial charge in [-0.15, -0.1) is 0 Å². The van der Waals surface area contributed by atoms with Crippen LogP contribution in [-0.2, 0) is 0 Å². The van der Waals surface area contributed by atoms with Crippen molar-refractivity contribution in [2.24, 2.45) is 5.73 Å². The first-order chi connectivity index (χ1) is 9.54. The summed E-state index contributed by atoms with van der Waals surface area (Å²) in [4.78, 5) is 4.38. The van der Waals surface area contributed by atoms with E-state index < -0.39 is 11.6 Å². The van der Waals surface area contributed by atoms with Crippen LogP contribution < -0.4 is 5.73 Å². The second kappa shape index (κ2) is 6.61. The normalized spacial score (nSPS) is 19.5. The van der Waals surface area contributed by atoms with Gasteiger partial charge in [0.15, 0.2) is 11.6 Å². The van der Waals surface area contributed by atoms with Crippen molar-refractivity contribution in [1.82, 2.24) is 9.80 Å². The minimum Gasteiger partial charge on any atom is -0.329 e. The van der Waals surface area contributed by atoms with Gasteiger partial charge in [0.1, 0.15) is 0 Å². The van der Waals surface area contributed by atoms with Crippen molar-refractivity contribution < 1.29 is 8.78 Å². The molecule has 1 fully saturated rings. The molecule has 2 rings (SSSR count). The summed E-state index contributed by atoms with van der Waals surface area (Å²) < 4.78 is 27.4. The second-order valence-corrected chi connectivity index (χ2v) is 5.59. The van der Waals surface area contributed by atoms with E-state index in [0.29, 0.717) is 11.6 Å². The number of benzene rings is 1. The van der Waals surface area contributed by atoms with Gasteiger partial charge in [0, 0.05) is 24.2 Å². The van der Waals surface area contributed by atoms with E-state index in [1.807, 2.05) is 7.05 Å². The SMILES string of the molecule is CN1CCC(N(C)C(CN)c2cccc(F)c2F)CC1. The van der Waals surface area contributed by atoms with Gasteiger partial charge in [-0.25, -0.2) is 8.78 Å². The Balaban J connectivity index is 2.17. The highest BCUT2D eigenvalue weighted by Crippen LogP contribution is 2.27. The summed E-state index contributed by atoms with van der Waals surface area (Å²) in [5.41, 5.74) is 6.17. The lowest BCUT2D eigenvalue weighted by atomic mass is 9.98. The molecule has 1 unspecified atom stereocenters. The quantitative estimate of drug-likeness (QED) is 0.917. The lowest BCUT2D eigenvalue weighted by Gasteiger charge is -2.39. The zero-order valence-corrected chi connectivity index (χ0v) is 12.1. The van der Waals surface area contributed by atoms with E-state index in [4.69, 9.17) is 5.73 Å². The first-order valence-corrected chi connectivity index (χ1v) is 7.09. The van der Waals surface area contributed by atoms with Gasteiger partial charge in [-0.2, -0.15) is 0 Å². The summed E-state index contributed by atoms with van der Waals surface area (Å²) in [5.74, 6) is -1.58. The predicted molar refractivity (Wildman–Crippen MR) is 76.4 cm³/mol. The van der Waals surface area contributed by atoms with Crippen molar-refractivity contribution in [3.05, 3.63) is 35.4 Å². The van der Waals surface area contributed by atoms with Crippen molar-refractivity contribution in [2.45, 2.75) is 24.9 Å². The molecule has 1 aromatic carbocycles. The fourth-order valence-electron chi connectivity index (χ4n) is 2.95. The minimum atomic E-state index is -0.808. The molecule has 1 aromatic rings. The molecule has 20 heavy (non-hydrogen) atoms. The number of halogens is 2. The van der Waals surface area contributed by atoms with Crippen LogP contribution in [0.4, 0.5) is 8.78 Å². The number of nitrogens with two attached hydrogens (primary N) is 1. The molecular weight excluding hydrogens is 260 g/mol. The van der Waals surface area contributed by atoms with Crippen LogP contribution in [0.15, 0.2) is 18.2 Å². The number of hydrogen-bond acceptors (Lipinski definition) is 3. The number of likely N-dealkylation sites (tertiary alicyclic amines) is 1. The second-order valence-electron chi connectivity index (χ2n) is 5.59. The van der Waals surface area contributed by atoms with Crippen LogP contribution in [0.25, 0.3) is 0 Å². The van der Waals surface area contributed by atoms with Crippen LogP contribution in [0, 0.1) is 11.6 Å². The molecule has 1 atom stereocenters. The Morgan fingerprint density at radius 1 is 1.35 bits per heavy atom. The van der Waals surface area contributed by atoms with Crippen LogP contribution in [-0.4, -0.2) is 49.6 Å². The molecule has 1 aliphatic rings. The molecule has 0 amide bonds. The largest absolute Gasteiger partial charge is 0.329 e. The molecule has 0 radical (unpaired) electrons. The Hall–Kier alpha value is -1.04. The standard InChI is InChI=1S/C15H23F2N3/c1-19-8-6-11(7-9-19)20(2)14(10-18)12-4-3-5-13(16)15(12)17/h3-5,11,14H,6-10,18H2,1-2H3. The van der Waals surface area contributed by atoms with E-state index in [9.17, 15) is 8.78 Å². The average molecular weight is 283 g/mol. The number of rotatable bonds is 4. The zero-order chi connectivity index (χ0) is 14.7. The number of hydrogen-bond donors (Lipinski definition) is 1. The van der Waals surface area contributed by atoms with Gasteiger partial charge >= 0.3 is 0 Å². The van der Waals surface area contributed by atoms with Crippen LogP contribution in [0.3, 0.4) is 0 Å². The third kappa shape index (κ3) is 3.16. The molecule has 0 bridgehead atoms. The van der Waals surface area contributed by atoms with E-state index in [1.165, 1.54) is 0 Å². The Bertz CT molecular complexity index is 445. The molecule has 0 saturated carbocycles. The predicted octanol–water partition coefficient (Wildman–Crippen LogP) is 1.99. The Kier molecular flexibility index (Phi) is 5.07. The van der Waals surface area contributed by atoms with Gasteiger partial charge in [0.05, 0.1) is 0 Å². The molecule has 0 aromatic heterocycles. The van der Waals surface area contributed by atoms with Crippen LogP contribution >= 0.6 is 0 Å². The third-order valence-corrected chi connectivity index (χ3v) is 4.32. The molecule has 1 heterocycles. The molecule has 3 nitrogen and oxygen atoms in total. The molecule has 112 valence electrons. The Morgan fingerprint density at radius 2 is 2.00 bits per heavy atom. The van der Waals surface area contributed by atoms with Gasteiger partial charge < -0.3 is 10.6 Å². The Morgan fingerprint density at radius 3 is 2.60 bits per heavy atom. The van der Waals surface area contributed by atoms with Gasteiger partial charge in [0.2, 0.25) is 0 Å². The van der Waals surface area contributed by atoms with E-state index in [2.05, 4.69) is 16.8 Å². The minimum absolute atomic E-state index is 0.279. The molecule has 1 saturated heterocycles. The van der Waals surface area contributed by atoms with E-state index >= 15 is 0 Å². The van der Waals surface area contributed by atoms with Gasteiger partial charge in [-0.05, 0) is 46.1 Å². The van der Waals surface area contributed by atoms with Gasteiger partial charge in [-0.1, -0.05) is 12.1 Å². The maximum absolute atomic E-state index is 14.0. The number of likely N-dealkylation sites (N-methyl/N-ethyl adjacent to an activating group) is 1. The molecule has 5 heteroatoms. The van der Waals surface area contributed by atoms with Gasteiger partial charge in [-0.3, -0.25) is 4.90 Å². The van der Waals surface area contributed by atoms with E-state index in [1.54, 1.807) is 12.1 Å². The fraction of sp³-hybridized carbons (Fsp3) is 0.600. The summed E-state index contributed by atoms with van der Waals surface area (Å²) in [6.07, 6.45) is 2.06. The summed E-state index contributed by atoms with van der Waals surface area (Å²) in [6, 6.07) is 4.39.